The third kappa shape index (κ3) is 8.50. The number of carbonyl (C=O) groups is 2. The Morgan fingerprint density at radius 1 is 1.04 bits per heavy atom. The molecule has 2 heterocycles. The number of carboxylic acid groups (broad SMARTS) is 2. The van der Waals surface area contributed by atoms with Crippen LogP contribution in [0.1, 0.15) is 0 Å². The molecule has 0 saturated heterocycles. The van der Waals surface area contributed by atoms with Crippen LogP contribution in [0.4, 0.5) is 26.3 Å². The molecule has 2 aliphatic heterocycles. The van der Waals surface area contributed by atoms with E-state index in [4.69, 9.17) is 19.8 Å². The number of allylic oxidation sites excluding steroid dienone is 1. The first kappa shape index (κ1) is 21.1. The molecule has 0 aromatic rings. The van der Waals surface area contributed by atoms with Crippen molar-refractivity contribution in [2.24, 2.45) is 15.2 Å². The van der Waals surface area contributed by atoms with Gasteiger partial charge in [0.1, 0.15) is 6.67 Å². The Balaban J connectivity index is 0.000000343. The van der Waals surface area contributed by atoms with Crippen LogP contribution < -0.4 is 0 Å². The van der Waals surface area contributed by atoms with Crippen LogP contribution >= 0.6 is 0 Å². The highest BCUT2D eigenvalue weighted by molar-refractivity contribution is 5.73. The van der Waals surface area contributed by atoms with Crippen molar-refractivity contribution in [1.82, 2.24) is 4.90 Å². The number of nitrogens with zero attached hydrogens (tertiary/aromatic N) is 4. The average molecular weight is 362 g/mol. The summed E-state index contributed by atoms with van der Waals surface area (Å²) in [7, 11) is 0. The van der Waals surface area contributed by atoms with Gasteiger partial charge in [-0.15, -0.1) is 5.11 Å². The predicted molar refractivity (Wildman–Crippen MR) is 64.7 cm³/mol. The average Bonchev–Trinajstić information content (AvgIpc) is 2.74. The summed E-state index contributed by atoms with van der Waals surface area (Å²) in [6.45, 7) is 0.617. The third-order valence-corrected chi connectivity index (χ3v) is 1.81. The molecule has 24 heavy (non-hydrogen) atoms. The van der Waals surface area contributed by atoms with Crippen LogP contribution in [0.2, 0.25) is 0 Å². The number of aliphatic carboxylic acids is 2. The van der Waals surface area contributed by atoms with Crippen LogP contribution in [0, 0.1) is 0 Å². The lowest BCUT2D eigenvalue weighted by Crippen LogP contribution is -2.21. The molecule has 2 aliphatic rings. The minimum absolute atomic E-state index is 0.617. The number of halogens is 6. The van der Waals surface area contributed by atoms with Gasteiger partial charge in [0, 0.05) is 24.7 Å². The number of aliphatic imine (C=N–C) groups is 1. The summed E-state index contributed by atoms with van der Waals surface area (Å²) in [6.07, 6.45) is -3.05. The van der Waals surface area contributed by atoms with Crippen LogP contribution in [0.3, 0.4) is 0 Å². The van der Waals surface area contributed by atoms with Crippen molar-refractivity contribution >= 4 is 18.2 Å². The summed E-state index contributed by atoms with van der Waals surface area (Å²) in [4.78, 5) is 23.6. The number of azo groups is 1. The molecule has 0 spiro atoms. The second-order valence-corrected chi connectivity index (χ2v) is 3.58. The zero-order chi connectivity index (χ0) is 19.0. The number of hydrogen-bond acceptors (Lipinski definition) is 6. The Morgan fingerprint density at radius 2 is 1.50 bits per heavy atom. The molecule has 0 unspecified atom stereocenters. The lowest BCUT2D eigenvalue weighted by molar-refractivity contribution is -0.193. The van der Waals surface area contributed by atoms with Crippen LogP contribution in [0.5, 0.6) is 0 Å². The molecule has 14 heteroatoms. The normalized spacial score (nSPS) is 15.2. The number of carboxylic acids is 2. The highest BCUT2D eigenvalue weighted by Crippen LogP contribution is 2.15. The highest BCUT2D eigenvalue weighted by Gasteiger charge is 2.38. The van der Waals surface area contributed by atoms with Gasteiger partial charge in [0.2, 0.25) is 0 Å². The maximum atomic E-state index is 10.6. The van der Waals surface area contributed by atoms with Crippen molar-refractivity contribution in [3.05, 3.63) is 24.3 Å². The predicted octanol–water partition coefficient (Wildman–Crippen LogP) is 2.38. The molecule has 2 N–H and O–H groups in total. The fourth-order valence-electron chi connectivity index (χ4n) is 0.833. The van der Waals surface area contributed by atoms with E-state index < -0.39 is 24.3 Å². The number of fused-ring (bicyclic) bond motifs is 1. The quantitative estimate of drug-likeness (QED) is 0.642. The summed E-state index contributed by atoms with van der Waals surface area (Å²) >= 11 is 0. The Hall–Kier alpha value is -2.93. The summed E-state index contributed by atoms with van der Waals surface area (Å²) in [5.74, 6) is -4.66. The SMILES string of the molecule is C1=CN2CN=NC2=CC=N1.O=C(O)C(F)(F)F.O=C(O)C(F)(F)F. The molecule has 2 rings (SSSR count). The van der Waals surface area contributed by atoms with Gasteiger partial charge in [0.05, 0.1) is 0 Å². The van der Waals surface area contributed by atoms with Gasteiger partial charge in [-0.2, -0.15) is 31.5 Å². The van der Waals surface area contributed by atoms with E-state index in [1.54, 1.807) is 12.4 Å². The standard InChI is InChI=1S/C6H6N4.2C2HF3O2/c1-2-7-3-4-10-5-8-9-6(1)10;2*3-2(4,5)1(6)7/h1-4H,5H2;2*(H,6,7). The molecular formula is C10H8F6N4O4. The van der Waals surface area contributed by atoms with Gasteiger partial charge in [0.15, 0.2) is 5.82 Å². The zero-order valence-electron chi connectivity index (χ0n) is 11.3. The van der Waals surface area contributed by atoms with Gasteiger partial charge in [-0.3, -0.25) is 4.99 Å². The van der Waals surface area contributed by atoms with E-state index in [2.05, 4.69) is 15.2 Å². The smallest absolute Gasteiger partial charge is 0.475 e. The molecule has 0 amide bonds. The fourth-order valence-corrected chi connectivity index (χ4v) is 0.833. The number of alkyl halides is 6. The van der Waals surface area contributed by atoms with Crippen molar-refractivity contribution in [2.75, 3.05) is 6.67 Å². The topological polar surface area (TPSA) is 115 Å². The third-order valence-electron chi connectivity index (χ3n) is 1.81. The number of hydrogen-bond donors (Lipinski definition) is 2. The maximum Gasteiger partial charge on any atom is 0.490 e. The monoisotopic (exact) mass is 362 g/mol. The molecule has 0 bridgehead atoms. The first-order chi connectivity index (χ1) is 10.9. The number of rotatable bonds is 0. The van der Waals surface area contributed by atoms with E-state index in [-0.39, 0.29) is 0 Å². The molecule has 0 aromatic carbocycles. The maximum absolute atomic E-state index is 10.6. The first-order valence-corrected chi connectivity index (χ1v) is 5.50. The fraction of sp³-hybridized carbons (Fsp3) is 0.300. The molecule has 0 saturated carbocycles. The van der Waals surface area contributed by atoms with Crippen molar-refractivity contribution < 1.29 is 46.1 Å². The first-order valence-electron chi connectivity index (χ1n) is 5.50. The highest BCUT2D eigenvalue weighted by atomic mass is 19.4. The van der Waals surface area contributed by atoms with Crippen molar-refractivity contribution in [2.45, 2.75) is 12.4 Å². The Kier molecular flexibility index (Phi) is 7.58. The molecule has 0 aliphatic carbocycles. The van der Waals surface area contributed by atoms with E-state index in [1.165, 1.54) is 0 Å². The summed E-state index contributed by atoms with van der Waals surface area (Å²) in [5, 5.41) is 22.0. The van der Waals surface area contributed by atoms with Crippen LogP contribution in [0.25, 0.3) is 0 Å². The molecule has 0 aromatic heterocycles. The van der Waals surface area contributed by atoms with E-state index in [9.17, 15) is 26.3 Å². The van der Waals surface area contributed by atoms with Gasteiger partial charge >= 0.3 is 24.3 Å². The molecule has 0 fully saturated rings. The molecular weight excluding hydrogens is 354 g/mol. The molecule has 0 radical (unpaired) electrons. The van der Waals surface area contributed by atoms with Gasteiger partial charge in [-0.05, 0) is 0 Å². The van der Waals surface area contributed by atoms with Crippen molar-refractivity contribution in [3.8, 4) is 0 Å². The van der Waals surface area contributed by atoms with Crippen molar-refractivity contribution in [1.29, 1.82) is 0 Å². The van der Waals surface area contributed by atoms with Crippen LogP contribution in [-0.4, -0.2) is 52.3 Å². The van der Waals surface area contributed by atoms with Crippen molar-refractivity contribution in [3.63, 3.8) is 0 Å². The molecule has 134 valence electrons. The Bertz CT molecular complexity index is 555. The summed E-state index contributed by atoms with van der Waals surface area (Å²) in [5.41, 5.74) is 0. The van der Waals surface area contributed by atoms with E-state index >= 15 is 0 Å². The lowest BCUT2D eigenvalue weighted by Gasteiger charge is -2.06. The second kappa shape index (κ2) is 8.64. The Labute approximate surface area is 129 Å². The van der Waals surface area contributed by atoms with Gasteiger partial charge < -0.3 is 15.1 Å². The van der Waals surface area contributed by atoms with Gasteiger partial charge in [-0.25, -0.2) is 9.59 Å². The second-order valence-electron chi connectivity index (χ2n) is 3.58. The van der Waals surface area contributed by atoms with Crippen LogP contribution in [0.15, 0.2) is 39.5 Å². The summed E-state index contributed by atoms with van der Waals surface area (Å²) in [6, 6.07) is 0. The minimum Gasteiger partial charge on any atom is -0.475 e. The molecule has 8 nitrogen and oxygen atoms in total. The van der Waals surface area contributed by atoms with Crippen LogP contribution in [-0.2, 0) is 9.59 Å². The largest absolute Gasteiger partial charge is 0.490 e. The lowest BCUT2D eigenvalue weighted by atomic mass is 10.5. The Morgan fingerprint density at radius 3 is 1.92 bits per heavy atom. The molecule has 0 atom stereocenters. The van der Waals surface area contributed by atoms with Gasteiger partial charge in [0.25, 0.3) is 0 Å². The van der Waals surface area contributed by atoms with E-state index in [0.29, 0.717) is 6.67 Å². The zero-order valence-corrected chi connectivity index (χ0v) is 11.3. The summed E-state index contributed by atoms with van der Waals surface area (Å²) < 4.78 is 63.5. The van der Waals surface area contributed by atoms with E-state index in [0.717, 1.165) is 5.82 Å². The van der Waals surface area contributed by atoms with E-state index in [1.807, 2.05) is 17.2 Å². The minimum atomic E-state index is -5.08. The van der Waals surface area contributed by atoms with Gasteiger partial charge in [-0.1, -0.05) is 0 Å².